The van der Waals surface area contributed by atoms with Gasteiger partial charge in [-0.15, -0.1) is 23.1 Å². The molecular formula is C24H20N2O3S2. The highest BCUT2D eigenvalue weighted by atomic mass is 32.2. The molecule has 1 aliphatic carbocycles. The van der Waals surface area contributed by atoms with Crippen molar-refractivity contribution in [2.45, 2.75) is 17.7 Å². The predicted molar refractivity (Wildman–Crippen MR) is 125 cm³/mol. The van der Waals surface area contributed by atoms with Crippen LogP contribution in [0, 0.1) is 0 Å². The molecule has 1 aliphatic rings. The summed E-state index contributed by atoms with van der Waals surface area (Å²) in [6.45, 7) is 0. The lowest BCUT2D eigenvalue weighted by atomic mass is 9.85. The number of carbonyl (C=O) groups excluding carboxylic acids is 1. The molecule has 0 N–H and O–H groups in total. The summed E-state index contributed by atoms with van der Waals surface area (Å²) in [4.78, 5) is 14.2. The number of methoxy groups -OCH3 is 1. The van der Waals surface area contributed by atoms with Gasteiger partial charge in [0, 0.05) is 22.2 Å². The van der Waals surface area contributed by atoms with E-state index in [2.05, 4.69) is 23.6 Å². The summed E-state index contributed by atoms with van der Waals surface area (Å²) >= 11 is 3.27. The zero-order valence-electron chi connectivity index (χ0n) is 17.1. The minimum absolute atomic E-state index is 0.545. The van der Waals surface area contributed by atoms with Crippen LogP contribution in [-0.2, 0) is 17.6 Å². The maximum absolute atomic E-state index is 12.1. The SMILES string of the molecule is COC(=O)Oc1c(SC)cc(-c2cccs2)c2c1-c1cn(-c3ccccc3)nc1CC2. The first kappa shape index (κ1) is 19.9. The zero-order chi connectivity index (χ0) is 21.4. The molecule has 2 aromatic carbocycles. The van der Waals surface area contributed by atoms with Gasteiger partial charge in [-0.2, -0.15) is 5.10 Å². The highest BCUT2D eigenvalue weighted by Gasteiger charge is 2.30. The van der Waals surface area contributed by atoms with Gasteiger partial charge in [0.25, 0.3) is 0 Å². The Hall–Kier alpha value is -3.03. The van der Waals surface area contributed by atoms with Crippen molar-refractivity contribution in [3.63, 3.8) is 0 Å². The lowest BCUT2D eigenvalue weighted by Crippen LogP contribution is -2.13. The van der Waals surface area contributed by atoms with Gasteiger partial charge < -0.3 is 9.47 Å². The van der Waals surface area contributed by atoms with Gasteiger partial charge >= 0.3 is 6.16 Å². The van der Waals surface area contributed by atoms with Crippen LogP contribution in [0.1, 0.15) is 11.3 Å². The molecule has 0 saturated carbocycles. The highest BCUT2D eigenvalue weighted by Crippen LogP contribution is 2.49. The number of hydrogen-bond acceptors (Lipinski definition) is 6. The maximum Gasteiger partial charge on any atom is 0.513 e. The van der Waals surface area contributed by atoms with E-state index in [9.17, 15) is 4.79 Å². The number of benzene rings is 2. The molecule has 2 heterocycles. The fourth-order valence-corrected chi connectivity index (χ4v) is 5.35. The van der Waals surface area contributed by atoms with Crippen LogP contribution >= 0.6 is 23.1 Å². The molecule has 0 amide bonds. The first-order valence-electron chi connectivity index (χ1n) is 9.87. The van der Waals surface area contributed by atoms with Crippen molar-refractivity contribution in [3.05, 3.63) is 71.4 Å². The smallest absolute Gasteiger partial charge is 0.437 e. The van der Waals surface area contributed by atoms with Crippen LogP contribution in [-0.4, -0.2) is 29.3 Å². The van der Waals surface area contributed by atoms with Crippen LogP contribution in [0.15, 0.2) is 65.0 Å². The van der Waals surface area contributed by atoms with Gasteiger partial charge in [-0.05, 0) is 59.9 Å². The molecule has 156 valence electrons. The van der Waals surface area contributed by atoms with Crippen LogP contribution in [0.4, 0.5) is 4.79 Å². The molecule has 5 rings (SSSR count). The Morgan fingerprint density at radius 3 is 2.68 bits per heavy atom. The number of rotatable bonds is 4. The lowest BCUT2D eigenvalue weighted by Gasteiger charge is -2.23. The number of hydrogen-bond donors (Lipinski definition) is 0. The zero-order valence-corrected chi connectivity index (χ0v) is 18.8. The Kier molecular flexibility index (Phi) is 5.29. The Labute approximate surface area is 188 Å². The van der Waals surface area contributed by atoms with E-state index < -0.39 is 6.16 Å². The molecule has 0 unspecified atom stereocenters. The van der Waals surface area contributed by atoms with Crippen molar-refractivity contribution in [2.24, 2.45) is 0 Å². The van der Waals surface area contributed by atoms with E-state index in [4.69, 9.17) is 14.6 Å². The van der Waals surface area contributed by atoms with E-state index in [0.29, 0.717) is 5.75 Å². The molecule has 0 spiro atoms. The number of thioether (sulfide) groups is 1. The number of carbonyl (C=O) groups is 1. The first-order valence-corrected chi connectivity index (χ1v) is 12.0. The fourth-order valence-electron chi connectivity index (χ4n) is 4.01. The summed E-state index contributed by atoms with van der Waals surface area (Å²) in [5.41, 5.74) is 6.29. The second-order valence-electron chi connectivity index (χ2n) is 7.11. The van der Waals surface area contributed by atoms with Crippen molar-refractivity contribution < 1.29 is 14.3 Å². The largest absolute Gasteiger partial charge is 0.513 e. The molecule has 0 radical (unpaired) electrons. The number of nitrogens with zero attached hydrogens (tertiary/aromatic N) is 2. The Morgan fingerprint density at radius 2 is 1.97 bits per heavy atom. The van der Waals surface area contributed by atoms with Crippen molar-refractivity contribution in [1.29, 1.82) is 0 Å². The molecule has 31 heavy (non-hydrogen) atoms. The Morgan fingerprint density at radius 1 is 1.13 bits per heavy atom. The molecule has 7 heteroatoms. The minimum Gasteiger partial charge on any atom is -0.437 e. The van der Waals surface area contributed by atoms with Crippen LogP contribution in [0.3, 0.4) is 0 Å². The summed E-state index contributed by atoms with van der Waals surface area (Å²) in [6.07, 6.45) is 4.96. The second-order valence-corrected chi connectivity index (χ2v) is 8.91. The summed E-state index contributed by atoms with van der Waals surface area (Å²) in [7, 11) is 1.33. The fraction of sp³-hybridized carbons (Fsp3) is 0.167. The van der Waals surface area contributed by atoms with Gasteiger partial charge in [0.1, 0.15) is 0 Å². The van der Waals surface area contributed by atoms with Gasteiger partial charge in [-0.3, -0.25) is 0 Å². The molecular weight excluding hydrogens is 428 g/mol. The van der Waals surface area contributed by atoms with Crippen LogP contribution < -0.4 is 4.74 Å². The maximum atomic E-state index is 12.1. The van der Waals surface area contributed by atoms with Gasteiger partial charge in [0.05, 0.1) is 23.4 Å². The van der Waals surface area contributed by atoms with Gasteiger partial charge in [0.2, 0.25) is 0 Å². The van der Waals surface area contributed by atoms with Crippen molar-refractivity contribution in [2.75, 3.05) is 13.4 Å². The minimum atomic E-state index is -0.719. The molecule has 0 aliphatic heterocycles. The third kappa shape index (κ3) is 3.54. The van der Waals surface area contributed by atoms with Crippen LogP contribution in [0.25, 0.3) is 27.3 Å². The van der Waals surface area contributed by atoms with Crippen molar-refractivity contribution in [1.82, 2.24) is 9.78 Å². The summed E-state index contributed by atoms with van der Waals surface area (Å²) in [6, 6.07) is 16.4. The number of thiophene rings is 1. The van der Waals surface area contributed by atoms with E-state index in [0.717, 1.165) is 40.2 Å². The van der Waals surface area contributed by atoms with Gasteiger partial charge in [-0.25, -0.2) is 9.48 Å². The second kappa shape index (κ2) is 8.24. The average molecular weight is 449 g/mol. The standard InChI is InChI=1S/C24H20N2O3S2/c1-28-24(27)29-23-21(30-2)13-17(20-9-6-12-31-20)16-10-11-19-18(22(16)23)14-26(25-19)15-7-4-3-5-8-15/h3-9,12-14H,10-11H2,1-2H3. The van der Waals surface area contributed by atoms with E-state index >= 15 is 0 Å². The van der Waals surface area contributed by atoms with Crippen molar-refractivity contribution in [3.8, 4) is 33.0 Å². The highest BCUT2D eigenvalue weighted by molar-refractivity contribution is 7.98. The topological polar surface area (TPSA) is 53.4 Å². The summed E-state index contributed by atoms with van der Waals surface area (Å²) in [5, 5.41) is 6.93. The van der Waals surface area contributed by atoms with E-state index in [-0.39, 0.29) is 0 Å². The summed E-state index contributed by atoms with van der Waals surface area (Å²) < 4.78 is 12.4. The number of aromatic nitrogens is 2. The Bertz CT molecular complexity index is 1250. The first-order chi connectivity index (χ1) is 15.2. The van der Waals surface area contributed by atoms with E-state index in [1.54, 1.807) is 23.1 Å². The molecule has 0 saturated heterocycles. The molecule has 2 aromatic heterocycles. The molecule has 0 atom stereocenters. The predicted octanol–water partition coefficient (Wildman–Crippen LogP) is 6.23. The van der Waals surface area contributed by atoms with Crippen LogP contribution in [0.5, 0.6) is 5.75 Å². The molecule has 4 aromatic rings. The van der Waals surface area contributed by atoms with Gasteiger partial charge in [0.15, 0.2) is 5.75 Å². The number of ether oxygens (including phenoxy) is 2. The number of aryl methyl sites for hydroxylation is 1. The summed E-state index contributed by atoms with van der Waals surface area (Å²) in [5.74, 6) is 0.545. The molecule has 5 nitrogen and oxygen atoms in total. The van der Waals surface area contributed by atoms with Crippen molar-refractivity contribution >= 4 is 29.3 Å². The quantitative estimate of drug-likeness (QED) is 0.210. The monoisotopic (exact) mass is 448 g/mol. The number of fused-ring (bicyclic) bond motifs is 3. The third-order valence-corrected chi connectivity index (χ3v) is 7.05. The van der Waals surface area contributed by atoms with E-state index in [1.165, 1.54) is 23.1 Å². The molecule has 0 fully saturated rings. The van der Waals surface area contributed by atoms with Crippen LogP contribution in [0.2, 0.25) is 0 Å². The van der Waals surface area contributed by atoms with Gasteiger partial charge in [-0.1, -0.05) is 24.3 Å². The van der Waals surface area contributed by atoms with E-state index in [1.807, 2.05) is 47.5 Å². The third-order valence-electron chi connectivity index (χ3n) is 5.40. The molecule has 0 bridgehead atoms. The normalized spacial score (nSPS) is 12.2. The number of para-hydroxylation sites is 1. The average Bonchev–Trinajstić information content (AvgIpc) is 3.49. The Balaban J connectivity index is 1.77. The lowest BCUT2D eigenvalue weighted by molar-refractivity contribution is 0.120.